The molecule has 11 heteroatoms. The van der Waals surface area contributed by atoms with Crippen LogP contribution >= 0.6 is 7.82 Å². The average molecular weight is 747 g/mol. The Balaban J connectivity index is 4.48. The highest BCUT2D eigenvalue weighted by atomic mass is 31.2. The Kier molecular flexibility index (Phi) is 32.0. The molecule has 3 unspecified atom stereocenters. The standard InChI is InChI=1S/C40H76NO9P/c1-6-8-10-11-12-13-14-17-20-23-27-31-39(43)47-35-38(36-49-51(45,46)48-34-33-41(3,4)5)50-40(44)32-28-24-21-18-15-16-19-22-26-30-37(42)29-25-9-7-2/h19,22,26,30,37-38,42H,6-18,20-21,23-25,27-29,31-36H2,1-5H3/p+1/b22-19-,30-26+. The molecule has 0 radical (unpaired) electrons. The van der Waals surface area contributed by atoms with Crippen molar-refractivity contribution in [2.24, 2.45) is 0 Å². The van der Waals surface area contributed by atoms with Crippen LogP contribution in [0.5, 0.6) is 0 Å². The summed E-state index contributed by atoms with van der Waals surface area (Å²) in [6.45, 7) is 4.24. The maximum atomic E-state index is 12.6. The van der Waals surface area contributed by atoms with Gasteiger partial charge in [-0.1, -0.05) is 141 Å². The number of hydrogen-bond donors (Lipinski definition) is 2. The fourth-order valence-corrected chi connectivity index (χ4v) is 6.07. The minimum Gasteiger partial charge on any atom is -0.462 e. The van der Waals surface area contributed by atoms with E-state index in [-0.39, 0.29) is 38.1 Å². The molecule has 0 aliphatic heterocycles. The zero-order chi connectivity index (χ0) is 38.1. The lowest BCUT2D eigenvalue weighted by atomic mass is 10.1. The van der Waals surface area contributed by atoms with Crippen LogP contribution in [0, 0.1) is 0 Å². The number of nitrogens with zero attached hydrogens (tertiary/aromatic N) is 1. The minimum absolute atomic E-state index is 0.0202. The van der Waals surface area contributed by atoms with Crippen molar-refractivity contribution in [2.75, 3.05) is 47.5 Å². The van der Waals surface area contributed by atoms with E-state index in [0.29, 0.717) is 17.4 Å². The number of esters is 2. The molecular weight excluding hydrogens is 669 g/mol. The number of unbranched alkanes of at least 4 members (excludes halogenated alkanes) is 17. The molecule has 0 rings (SSSR count). The summed E-state index contributed by atoms with van der Waals surface area (Å²) in [7, 11) is 1.43. The van der Waals surface area contributed by atoms with Gasteiger partial charge in [0.1, 0.15) is 19.8 Å². The van der Waals surface area contributed by atoms with Crippen LogP contribution in [0.2, 0.25) is 0 Å². The molecule has 0 aliphatic rings. The van der Waals surface area contributed by atoms with Crippen molar-refractivity contribution in [3.63, 3.8) is 0 Å². The first-order chi connectivity index (χ1) is 24.4. The zero-order valence-electron chi connectivity index (χ0n) is 33.2. The molecule has 0 bridgehead atoms. The lowest BCUT2D eigenvalue weighted by Crippen LogP contribution is -2.37. The summed E-state index contributed by atoms with van der Waals surface area (Å²) < 4.78 is 34.1. The van der Waals surface area contributed by atoms with Gasteiger partial charge in [-0.2, -0.15) is 0 Å². The first-order valence-electron chi connectivity index (χ1n) is 20.2. The third-order valence-corrected chi connectivity index (χ3v) is 9.57. The molecule has 0 spiro atoms. The predicted molar refractivity (Wildman–Crippen MR) is 207 cm³/mol. The lowest BCUT2D eigenvalue weighted by molar-refractivity contribution is -0.870. The lowest BCUT2D eigenvalue weighted by Gasteiger charge is -2.24. The minimum atomic E-state index is -4.38. The van der Waals surface area contributed by atoms with Gasteiger partial charge in [0.2, 0.25) is 0 Å². The van der Waals surface area contributed by atoms with Gasteiger partial charge in [0.05, 0.1) is 33.9 Å². The highest BCUT2D eigenvalue weighted by Gasteiger charge is 2.27. The van der Waals surface area contributed by atoms with Gasteiger partial charge in [0.25, 0.3) is 0 Å². The van der Waals surface area contributed by atoms with Gasteiger partial charge in [0.15, 0.2) is 6.10 Å². The normalized spacial score (nSPS) is 14.6. The van der Waals surface area contributed by atoms with Crippen LogP contribution < -0.4 is 0 Å². The van der Waals surface area contributed by atoms with Crippen molar-refractivity contribution in [3.05, 3.63) is 24.3 Å². The monoisotopic (exact) mass is 747 g/mol. The summed E-state index contributed by atoms with van der Waals surface area (Å²) in [6.07, 6.45) is 29.7. The Morgan fingerprint density at radius 1 is 0.686 bits per heavy atom. The molecule has 300 valence electrons. The van der Waals surface area contributed by atoms with Crippen molar-refractivity contribution < 1.29 is 47.2 Å². The third kappa shape index (κ3) is 36.6. The summed E-state index contributed by atoms with van der Waals surface area (Å²) in [6, 6.07) is 0. The zero-order valence-corrected chi connectivity index (χ0v) is 34.1. The Bertz CT molecular complexity index is 951. The van der Waals surface area contributed by atoms with Crippen LogP contribution in [0.1, 0.15) is 162 Å². The van der Waals surface area contributed by atoms with Crippen LogP contribution in [0.3, 0.4) is 0 Å². The van der Waals surface area contributed by atoms with Crippen molar-refractivity contribution >= 4 is 19.8 Å². The SMILES string of the molecule is CCCCCCCCCCCCCC(=O)OCC(COP(=O)(O)OCC[N+](C)(C)C)OC(=O)CCCCCCC/C=C\C=C\C(O)CCCCC. The molecule has 3 atom stereocenters. The highest BCUT2D eigenvalue weighted by Crippen LogP contribution is 2.43. The van der Waals surface area contributed by atoms with E-state index in [4.69, 9.17) is 18.5 Å². The first-order valence-corrected chi connectivity index (χ1v) is 21.7. The number of phosphoric acid groups is 1. The quantitative estimate of drug-likeness (QED) is 0.0212. The highest BCUT2D eigenvalue weighted by molar-refractivity contribution is 7.47. The summed E-state index contributed by atoms with van der Waals surface area (Å²) in [4.78, 5) is 35.2. The van der Waals surface area contributed by atoms with Crippen LogP contribution in [0.4, 0.5) is 0 Å². The van der Waals surface area contributed by atoms with Crippen LogP contribution in [-0.4, -0.2) is 86.1 Å². The average Bonchev–Trinajstić information content (AvgIpc) is 3.06. The van der Waals surface area contributed by atoms with E-state index in [0.717, 1.165) is 77.0 Å². The van der Waals surface area contributed by atoms with E-state index < -0.39 is 26.5 Å². The fraction of sp³-hybridized carbons (Fsp3) is 0.850. The molecule has 0 aliphatic carbocycles. The predicted octanol–water partition coefficient (Wildman–Crippen LogP) is 9.77. The second-order valence-electron chi connectivity index (χ2n) is 14.9. The van der Waals surface area contributed by atoms with E-state index in [1.807, 2.05) is 39.4 Å². The molecule has 51 heavy (non-hydrogen) atoms. The molecule has 0 saturated heterocycles. The number of phosphoric ester groups is 1. The summed E-state index contributed by atoms with van der Waals surface area (Å²) >= 11 is 0. The number of quaternary nitrogens is 1. The molecule has 0 aromatic heterocycles. The number of allylic oxidation sites excluding steroid dienone is 3. The molecule has 10 nitrogen and oxygen atoms in total. The van der Waals surface area contributed by atoms with E-state index in [2.05, 4.69) is 19.9 Å². The van der Waals surface area contributed by atoms with Gasteiger partial charge in [-0.25, -0.2) is 4.57 Å². The molecule has 0 aromatic rings. The largest absolute Gasteiger partial charge is 0.472 e. The van der Waals surface area contributed by atoms with Gasteiger partial charge < -0.3 is 24.0 Å². The topological polar surface area (TPSA) is 129 Å². The van der Waals surface area contributed by atoms with E-state index in [1.165, 1.54) is 51.4 Å². The number of rotatable bonds is 36. The van der Waals surface area contributed by atoms with E-state index in [9.17, 15) is 24.2 Å². The van der Waals surface area contributed by atoms with Crippen molar-refractivity contribution in [1.29, 1.82) is 0 Å². The summed E-state index contributed by atoms with van der Waals surface area (Å²) in [5, 5.41) is 9.92. The van der Waals surface area contributed by atoms with Crippen molar-refractivity contribution in [3.8, 4) is 0 Å². The third-order valence-electron chi connectivity index (χ3n) is 8.59. The maximum absolute atomic E-state index is 12.6. The second kappa shape index (κ2) is 33.1. The molecule has 0 heterocycles. The molecule has 0 saturated carbocycles. The van der Waals surface area contributed by atoms with Crippen LogP contribution in [-0.2, 0) is 32.7 Å². The van der Waals surface area contributed by atoms with Gasteiger partial charge in [-0.3, -0.25) is 18.6 Å². The number of carbonyl (C=O) groups is 2. The smallest absolute Gasteiger partial charge is 0.462 e. The van der Waals surface area contributed by atoms with Crippen molar-refractivity contribution in [2.45, 2.75) is 174 Å². The summed E-state index contributed by atoms with van der Waals surface area (Å²) in [5.41, 5.74) is 0. The molecule has 0 amide bonds. The number of carbonyl (C=O) groups excluding carboxylic acids is 2. The molecule has 2 N–H and O–H groups in total. The maximum Gasteiger partial charge on any atom is 0.472 e. The molecule has 0 aromatic carbocycles. The molecule has 0 fully saturated rings. The number of likely N-dealkylation sites (N-methyl/N-ethyl adjacent to an activating group) is 1. The first kappa shape index (κ1) is 49.5. The fourth-order valence-electron chi connectivity index (χ4n) is 5.33. The second-order valence-corrected chi connectivity index (χ2v) is 16.3. The van der Waals surface area contributed by atoms with Crippen LogP contribution in [0.15, 0.2) is 24.3 Å². The van der Waals surface area contributed by atoms with Crippen LogP contribution in [0.25, 0.3) is 0 Å². The molecular formula is C40H77NO9P+. The van der Waals surface area contributed by atoms with Gasteiger partial charge in [-0.15, -0.1) is 0 Å². The number of aliphatic hydroxyl groups excluding tert-OH is 1. The van der Waals surface area contributed by atoms with Gasteiger partial charge in [-0.05, 0) is 32.1 Å². The summed E-state index contributed by atoms with van der Waals surface area (Å²) in [5.74, 6) is -0.848. The Labute approximate surface area is 311 Å². The number of aliphatic hydroxyl groups is 1. The Hall–Kier alpha value is -1.55. The van der Waals surface area contributed by atoms with Crippen molar-refractivity contribution in [1.82, 2.24) is 0 Å². The number of ether oxygens (including phenoxy) is 2. The number of hydrogen-bond acceptors (Lipinski definition) is 8. The Morgan fingerprint density at radius 3 is 1.80 bits per heavy atom. The van der Waals surface area contributed by atoms with E-state index in [1.54, 1.807) is 0 Å². The van der Waals surface area contributed by atoms with Gasteiger partial charge in [0, 0.05) is 12.8 Å². The Morgan fingerprint density at radius 2 is 1.22 bits per heavy atom. The van der Waals surface area contributed by atoms with E-state index >= 15 is 0 Å². The van der Waals surface area contributed by atoms with Gasteiger partial charge >= 0.3 is 19.8 Å².